The molecule has 5 heteroatoms. The maximum absolute atomic E-state index is 12.8. The van der Waals surface area contributed by atoms with Gasteiger partial charge in [-0.15, -0.1) is 0 Å². The normalized spacial score (nSPS) is 11.1. The molecule has 4 aromatic rings. The number of halogens is 1. The third-order valence-corrected chi connectivity index (χ3v) is 5.96. The Morgan fingerprint density at radius 2 is 1.65 bits per heavy atom. The summed E-state index contributed by atoms with van der Waals surface area (Å²) in [5.74, 6) is 0.219. The minimum Gasteiger partial charge on any atom is -0.488 e. The van der Waals surface area contributed by atoms with Crippen LogP contribution in [0.25, 0.3) is 16.8 Å². The van der Waals surface area contributed by atoms with Crippen LogP contribution < -0.4 is 10.1 Å². The van der Waals surface area contributed by atoms with Crippen molar-refractivity contribution in [2.24, 2.45) is 0 Å². The molecule has 0 saturated heterocycles. The van der Waals surface area contributed by atoms with Crippen molar-refractivity contribution in [1.29, 1.82) is 5.26 Å². The monoisotopic (exact) mass is 510 g/mol. The highest BCUT2D eigenvalue weighted by Gasteiger charge is 2.13. The molecule has 4 aromatic carbocycles. The van der Waals surface area contributed by atoms with Gasteiger partial charge in [0.1, 0.15) is 24.0 Å². The van der Waals surface area contributed by atoms with Crippen LogP contribution >= 0.6 is 15.9 Å². The van der Waals surface area contributed by atoms with Crippen molar-refractivity contribution in [3.63, 3.8) is 0 Å². The van der Waals surface area contributed by atoms with Gasteiger partial charge in [0.25, 0.3) is 5.91 Å². The number of benzene rings is 4. The molecule has 0 atom stereocenters. The van der Waals surface area contributed by atoms with Gasteiger partial charge in [0.15, 0.2) is 0 Å². The molecule has 0 aliphatic heterocycles. The molecule has 0 unspecified atom stereocenters. The number of carbonyl (C=O) groups is 1. The van der Waals surface area contributed by atoms with Crippen LogP contribution in [0, 0.1) is 11.3 Å². The number of nitrogens with zero attached hydrogens (tertiary/aromatic N) is 1. The van der Waals surface area contributed by atoms with Crippen LogP contribution in [-0.2, 0) is 17.8 Å². The smallest absolute Gasteiger partial charge is 0.261 e. The fourth-order valence-corrected chi connectivity index (χ4v) is 3.91. The van der Waals surface area contributed by atoms with Gasteiger partial charge < -0.3 is 10.1 Å². The Balaban J connectivity index is 1.58. The zero-order valence-corrected chi connectivity index (χ0v) is 20.1. The average Bonchev–Trinajstić information content (AvgIpc) is 2.87. The highest BCUT2D eigenvalue weighted by molar-refractivity contribution is 9.10. The number of carbonyl (C=O) groups excluding carboxylic acids is 1. The van der Waals surface area contributed by atoms with Crippen LogP contribution in [0.4, 0.5) is 0 Å². The van der Waals surface area contributed by atoms with E-state index in [2.05, 4.69) is 27.3 Å². The molecule has 0 spiro atoms. The lowest BCUT2D eigenvalue weighted by atomic mass is 10.0. The van der Waals surface area contributed by atoms with Gasteiger partial charge in [0.05, 0.1) is 0 Å². The lowest BCUT2D eigenvalue weighted by Gasteiger charge is -2.13. The van der Waals surface area contributed by atoms with Gasteiger partial charge in [-0.3, -0.25) is 4.79 Å². The Labute approximate surface area is 207 Å². The van der Waals surface area contributed by atoms with Crippen molar-refractivity contribution in [2.75, 3.05) is 6.54 Å². The number of amides is 1. The van der Waals surface area contributed by atoms with E-state index in [-0.39, 0.29) is 5.57 Å². The van der Waals surface area contributed by atoms with E-state index in [1.54, 1.807) is 6.08 Å². The zero-order chi connectivity index (χ0) is 23.8. The molecule has 168 valence electrons. The first kappa shape index (κ1) is 23.3. The fraction of sp³-hybridized carbons (Fsp3) is 0.103. The SMILES string of the molecule is N#C/C(=C\c1c(OCc2ccc(Br)cc2)ccc2ccccc12)C(=O)NCCc1ccccc1. The van der Waals surface area contributed by atoms with Gasteiger partial charge in [-0.05, 0) is 52.6 Å². The van der Waals surface area contributed by atoms with Gasteiger partial charge in [0, 0.05) is 16.6 Å². The summed E-state index contributed by atoms with van der Waals surface area (Å²) in [5.41, 5.74) is 2.90. The number of hydrogen-bond acceptors (Lipinski definition) is 3. The summed E-state index contributed by atoms with van der Waals surface area (Å²) in [6, 6.07) is 31.6. The van der Waals surface area contributed by atoms with E-state index in [1.807, 2.05) is 91.0 Å². The molecule has 0 saturated carbocycles. The molecule has 0 bridgehead atoms. The predicted molar refractivity (Wildman–Crippen MR) is 139 cm³/mol. The van der Waals surface area contributed by atoms with E-state index in [4.69, 9.17) is 4.74 Å². The average molecular weight is 511 g/mol. The Kier molecular flexibility index (Phi) is 7.75. The van der Waals surface area contributed by atoms with Crippen molar-refractivity contribution in [3.05, 3.63) is 118 Å². The first-order valence-electron chi connectivity index (χ1n) is 11.0. The lowest BCUT2D eigenvalue weighted by Crippen LogP contribution is -2.26. The van der Waals surface area contributed by atoms with Crippen LogP contribution in [0.2, 0.25) is 0 Å². The highest BCUT2D eigenvalue weighted by atomic mass is 79.9. The molecule has 4 rings (SSSR count). The second-order valence-electron chi connectivity index (χ2n) is 7.77. The van der Waals surface area contributed by atoms with Crippen molar-refractivity contribution < 1.29 is 9.53 Å². The van der Waals surface area contributed by atoms with Crippen molar-refractivity contribution in [1.82, 2.24) is 5.32 Å². The van der Waals surface area contributed by atoms with E-state index < -0.39 is 5.91 Å². The molecule has 0 fully saturated rings. The number of rotatable bonds is 8. The maximum Gasteiger partial charge on any atom is 0.261 e. The molecule has 0 aliphatic rings. The van der Waals surface area contributed by atoms with Crippen molar-refractivity contribution in [2.45, 2.75) is 13.0 Å². The van der Waals surface area contributed by atoms with Crippen molar-refractivity contribution >= 4 is 38.7 Å². The van der Waals surface area contributed by atoms with Crippen LogP contribution in [0.15, 0.2) is 101 Å². The summed E-state index contributed by atoms with van der Waals surface area (Å²) in [7, 11) is 0. The Morgan fingerprint density at radius 3 is 2.41 bits per heavy atom. The van der Waals surface area contributed by atoms with Crippen LogP contribution in [0.3, 0.4) is 0 Å². The Hall–Kier alpha value is -3.88. The van der Waals surface area contributed by atoms with E-state index >= 15 is 0 Å². The molecule has 0 aliphatic carbocycles. The number of nitrogens with one attached hydrogen (secondary N) is 1. The van der Waals surface area contributed by atoms with Gasteiger partial charge >= 0.3 is 0 Å². The summed E-state index contributed by atoms with van der Waals surface area (Å²) < 4.78 is 7.14. The van der Waals surface area contributed by atoms with Gasteiger partial charge in [-0.2, -0.15) is 5.26 Å². The summed E-state index contributed by atoms with van der Waals surface area (Å²) in [6.07, 6.45) is 2.32. The summed E-state index contributed by atoms with van der Waals surface area (Å²) in [4.78, 5) is 12.8. The predicted octanol–water partition coefficient (Wildman–Crippen LogP) is 6.45. The van der Waals surface area contributed by atoms with E-state index in [1.165, 1.54) is 0 Å². The van der Waals surface area contributed by atoms with Gasteiger partial charge in [0.2, 0.25) is 0 Å². The largest absolute Gasteiger partial charge is 0.488 e. The number of fused-ring (bicyclic) bond motifs is 1. The molecular formula is C29H23BrN2O2. The van der Waals surface area contributed by atoms with E-state index in [9.17, 15) is 10.1 Å². The standard InChI is InChI=1S/C29H23BrN2O2/c30-25-13-10-22(11-14-25)20-34-28-15-12-23-8-4-5-9-26(23)27(28)18-24(19-31)29(33)32-17-16-21-6-2-1-3-7-21/h1-15,18H,16-17,20H2,(H,32,33)/b24-18+. The molecule has 1 N–H and O–H groups in total. The first-order chi connectivity index (χ1) is 16.6. The van der Waals surface area contributed by atoms with E-state index in [0.29, 0.717) is 30.9 Å². The minimum atomic E-state index is -0.398. The molecular weight excluding hydrogens is 488 g/mol. The summed E-state index contributed by atoms with van der Waals surface area (Å²) in [5, 5.41) is 14.5. The van der Waals surface area contributed by atoms with Crippen LogP contribution in [-0.4, -0.2) is 12.5 Å². The quantitative estimate of drug-likeness (QED) is 0.219. The molecule has 0 heterocycles. The summed E-state index contributed by atoms with van der Waals surface area (Å²) in [6.45, 7) is 0.821. The molecule has 4 nitrogen and oxygen atoms in total. The highest BCUT2D eigenvalue weighted by Crippen LogP contribution is 2.31. The fourth-order valence-electron chi connectivity index (χ4n) is 3.65. The first-order valence-corrected chi connectivity index (χ1v) is 11.8. The third kappa shape index (κ3) is 5.92. The topological polar surface area (TPSA) is 62.1 Å². The van der Waals surface area contributed by atoms with E-state index in [0.717, 1.165) is 26.4 Å². The lowest BCUT2D eigenvalue weighted by molar-refractivity contribution is -0.117. The van der Waals surface area contributed by atoms with Crippen molar-refractivity contribution in [3.8, 4) is 11.8 Å². The van der Waals surface area contributed by atoms with Crippen LogP contribution in [0.5, 0.6) is 5.75 Å². The Morgan fingerprint density at radius 1 is 0.912 bits per heavy atom. The van der Waals surface area contributed by atoms with Crippen LogP contribution in [0.1, 0.15) is 16.7 Å². The second kappa shape index (κ2) is 11.3. The maximum atomic E-state index is 12.8. The van der Waals surface area contributed by atoms with Gasteiger partial charge in [-0.25, -0.2) is 0 Å². The zero-order valence-electron chi connectivity index (χ0n) is 18.5. The minimum absolute atomic E-state index is 0.0397. The molecule has 0 aromatic heterocycles. The molecule has 34 heavy (non-hydrogen) atoms. The molecule has 0 radical (unpaired) electrons. The third-order valence-electron chi connectivity index (χ3n) is 5.43. The summed E-state index contributed by atoms with van der Waals surface area (Å²) >= 11 is 3.44. The second-order valence-corrected chi connectivity index (χ2v) is 8.69. The number of hydrogen-bond donors (Lipinski definition) is 1. The van der Waals surface area contributed by atoms with Gasteiger partial charge in [-0.1, -0.05) is 88.7 Å². The number of ether oxygens (including phenoxy) is 1. The molecule has 1 amide bonds. The Bertz CT molecular complexity index is 1360. The number of nitriles is 1.